The third-order valence-electron chi connectivity index (χ3n) is 5.17. The van der Waals surface area contributed by atoms with Crippen LogP contribution in [0.5, 0.6) is 28.7 Å². The molecule has 3 aromatic heterocycles. The van der Waals surface area contributed by atoms with E-state index in [2.05, 4.69) is 15.3 Å². The number of amides is 1. The predicted octanol–water partition coefficient (Wildman–Crippen LogP) is 6.63. The fourth-order valence-electron chi connectivity index (χ4n) is 3.52. The summed E-state index contributed by atoms with van der Waals surface area (Å²) in [7, 11) is 4.64. The summed E-state index contributed by atoms with van der Waals surface area (Å²) in [5.41, 5.74) is 1.81. The number of nitrogens with zero attached hydrogens (tertiary/aromatic N) is 2. The van der Waals surface area contributed by atoms with E-state index in [9.17, 15) is 4.79 Å². The first-order valence-electron chi connectivity index (χ1n) is 10.2. The molecule has 5 aromatic rings. The molecule has 0 saturated carbocycles. The van der Waals surface area contributed by atoms with Crippen LogP contribution in [0, 0.1) is 0 Å². The highest BCUT2D eigenvalue weighted by atomic mass is 35.5. The van der Waals surface area contributed by atoms with Gasteiger partial charge < -0.3 is 18.9 Å². The first kappa shape index (κ1) is 23.2. The van der Waals surface area contributed by atoms with Gasteiger partial charge in [-0.05, 0) is 24.3 Å². The van der Waals surface area contributed by atoms with Crippen molar-refractivity contribution >= 4 is 66.4 Å². The number of anilines is 1. The van der Waals surface area contributed by atoms with Gasteiger partial charge in [0, 0.05) is 29.1 Å². The Hall–Kier alpha value is -3.60. The molecule has 0 radical (unpaired) electrons. The number of pyridine rings is 1. The lowest BCUT2D eigenvalue weighted by molar-refractivity contribution is 0.102. The number of ether oxygens (including phenoxy) is 4. The summed E-state index contributed by atoms with van der Waals surface area (Å²) >= 11 is 8.65. The van der Waals surface area contributed by atoms with Gasteiger partial charge in [0.25, 0.3) is 5.91 Å². The smallest absolute Gasteiger partial charge is 0.262 e. The molecular formula is C24H18ClN3O5S2. The predicted molar refractivity (Wildman–Crippen MR) is 138 cm³/mol. The summed E-state index contributed by atoms with van der Waals surface area (Å²) in [6.07, 6.45) is 1.67. The van der Waals surface area contributed by atoms with Gasteiger partial charge >= 0.3 is 0 Å². The van der Waals surface area contributed by atoms with Crippen LogP contribution in [0.1, 0.15) is 10.4 Å². The van der Waals surface area contributed by atoms with E-state index >= 15 is 0 Å². The number of thiophene rings is 1. The molecule has 0 unspecified atom stereocenters. The van der Waals surface area contributed by atoms with Crippen molar-refractivity contribution in [1.29, 1.82) is 0 Å². The summed E-state index contributed by atoms with van der Waals surface area (Å²) in [6.45, 7) is 0. The summed E-state index contributed by atoms with van der Waals surface area (Å²) in [5, 5.41) is 5.71. The van der Waals surface area contributed by atoms with Crippen molar-refractivity contribution < 1.29 is 23.7 Å². The van der Waals surface area contributed by atoms with Crippen molar-refractivity contribution in [3.8, 4) is 28.7 Å². The van der Waals surface area contributed by atoms with Crippen molar-refractivity contribution in [3.05, 3.63) is 57.9 Å². The van der Waals surface area contributed by atoms with Crippen molar-refractivity contribution in [2.45, 2.75) is 0 Å². The minimum Gasteiger partial charge on any atom is -0.493 e. The summed E-state index contributed by atoms with van der Waals surface area (Å²) < 4.78 is 23.5. The van der Waals surface area contributed by atoms with E-state index in [-0.39, 0.29) is 5.91 Å². The van der Waals surface area contributed by atoms with Crippen molar-refractivity contribution in [3.63, 3.8) is 0 Å². The molecule has 3 heterocycles. The second-order valence-electron chi connectivity index (χ2n) is 7.19. The van der Waals surface area contributed by atoms with E-state index in [4.69, 9.17) is 30.5 Å². The Labute approximate surface area is 213 Å². The molecular weight excluding hydrogens is 510 g/mol. The number of hydrogen-bond donors (Lipinski definition) is 1. The zero-order chi connectivity index (χ0) is 24.5. The molecule has 0 aliphatic heterocycles. The van der Waals surface area contributed by atoms with Gasteiger partial charge in [0.2, 0.25) is 0 Å². The quantitative estimate of drug-likeness (QED) is 0.254. The summed E-state index contributed by atoms with van der Waals surface area (Å²) in [6, 6.07) is 11.0. The Morgan fingerprint density at radius 2 is 1.77 bits per heavy atom. The third kappa shape index (κ3) is 4.43. The summed E-state index contributed by atoms with van der Waals surface area (Å²) in [5.74, 6) is 2.42. The Morgan fingerprint density at radius 3 is 2.54 bits per heavy atom. The number of thiazole rings is 1. The molecule has 0 atom stereocenters. The van der Waals surface area contributed by atoms with Gasteiger partial charge in [0.05, 0.1) is 42.6 Å². The lowest BCUT2D eigenvalue weighted by atomic mass is 10.2. The van der Waals surface area contributed by atoms with Crippen LogP contribution in [0.3, 0.4) is 0 Å². The molecule has 1 amide bonds. The number of hydrogen-bond acceptors (Lipinski definition) is 9. The number of nitrogens with one attached hydrogen (secondary N) is 1. The van der Waals surface area contributed by atoms with E-state index in [1.807, 2.05) is 24.3 Å². The SMILES string of the molecule is COc1cc2nccc(Oc3ccc4nc(NC(=O)c5csc(Cl)c5OC)sc4c3)c2cc1OC. The van der Waals surface area contributed by atoms with E-state index in [1.165, 1.54) is 29.8 Å². The number of aromatic nitrogens is 2. The lowest BCUT2D eigenvalue weighted by Crippen LogP contribution is -2.11. The monoisotopic (exact) mass is 527 g/mol. The standard InChI is InChI=1S/C24H18ClN3O5S2/c1-30-18-9-13-16(10-19(18)31-2)26-7-6-17(13)33-12-4-5-15-20(8-12)35-24(27-15)28-23(29)14-11-34-22(25)21(14)32-3/h4-11H,1-3H3,(H,27,28,29). The molecule has 5 rings (SSSR count). The molecule has 0 spiro atoms. The van der Waals surface area contributed by atoms with Crippen LogP contribution in [-0.2, 0) is 0 Å². The zero-order valence-electron chi connectivity index (χ0n) is 18.7. The second-order valence-corrected chi connectivity index (χ2v) is 9.71. The van der Waals surface area contributed by atoms with Gasteiger partial charge in [0.15, 0.2) is 22.4 Å². The molecule has 8 nitrogen and oxygen atoms in total. The maximum absolute atomic E-state index is 12.7. The van der Waals surface area contributed by atoms with Crippen LogP contribution < -0.4 is 24.3 Å². The normalized spacial score (nSPS) is 11.0. The molecule has 0 saturated heterocycles. The largest absolute Gasteiger partial charge is 0.493 e. The van der Waals surface area contributed by atoms with E-state index in [1.54, 1.807) is 37.9 Å². The highest BCUT2D eigenvalue weighted by Crippen LogP contribution is 2.39. The number of rotatable bonds is 7. The van der Waals surface area contributed by atoms with E-state index in [0.717, 1.165) is 15.6 Å². The van der Waals surface area contributed by atoms with Crippen LogP contribution in [-0.4, -0.2) is 37.2 Å². The van der Waals surface area contributed by atoms with Gasteiger partial charge in [-0.15, -0.1) is 11.3 Å². The molecule has 178 valence electrons. The van der Waals surface area contributed by atoms with Crippen molar-refractivity contribution in [2.75, 3.05) is 26.6 Å². The lowest BCUT2D eigenvalue weighted by Gasteiger charge is -2.12. The molecule has 2 aromatic carbocycles. The fourth-order valence-corrected chi connectivity index (χ4v) is 5.46. The highest BCUT2D eigenvalue weighted by molar-refractivity contribution is 7.22. The number of carbonyl (C=O) groups is 1. The average Bonchev–Trinajstić information content (AvgIpc) is 3.45. The molecule has 35 heavy (non-hydrogen) atoms. The van der Waals surface area contributed by atoms with Gasteiger partial charge in [0.1, 0.15) is 15.8 Å². The van der Waals surface area contributed by atoms with Crippen LogP contribution >= 0.6 is 34.3 Å². The molecule has 0 aliphatic rings. The minimum absolute atomic E-state index is 0.340. The molecule has 0 fully saturated rings. The van der Waals surface area contributed by atoms with Crippen LogP contribution in [0.4, 0.5) is 5.13 Å². The Balaban J connectivity index is 1.42. The molecule has 1 N–H and O–H groups in total. The molecule has 0 bridgehead atoms. The minimum atomic E-state index is -0.340. The van der Waals surface area contributed by atoms with Gasteiger partial charge in [-0.2, -0.15) is 0 Å². The number of benzene rings is 2. The van der Waals surface area contributed by atoms with E-state index < -0.39 is 0 Å². The Kier molecular flexibility index (Phi) is 6.33. The maximum atomic E-state index is 12.7. The second kappa shape index (κ2) is 9.57. The number of fused-ring (bicyclic) bond motifs is 2. The van der Waals surface area contributed by atoms with Crippen molar-refractivity contribution in [2.24, 2.45) is 0 Å². The number of halogens is 1. The Morgan fingerprint density at radius 1 is 0.971 bits per heavy atom. The number of methoxy groups -OCH3 is 3. The van der Waals surface area contributed by atoms with Gasteiger partial charge in [-0.1, -0.05) is 22.9 Å². The third-order valence-corrected chi connectivity index (χ3v) is 7.29. The first-order valence-corrected chi connectivity index (χ1v) is 12.3. The van der Waals surface area contributed by atoms with Crippen LogP contribution in [0.25, 0.3) is 21.1 Å². The van der Waals surface area contributed by atoms with Gasteiger partial charge in [-0.3, -0.25) is 15.1 Å². The number of carbonyl (C=O) groups excluding carboxylic acids is 1. The fraction of sp³-hybridized carbons (Fsp3) is 0.125. The zero-order valence-corrected chi connectivity index (χ0v) is 21.1. The topological polar surface area (TPSA) is 91.8 Å². The molecule has 11 heteroatoms. The van der Waals surface area contributed by atoms with Crippen molar-refractivity contribution in [1.82, 2.24) is 9.97 Å². The summed E-state index contributed by atoms with van der Waals surface area (Å²) in [4.78, 5) is 21.6. The Bertz CT molecular complexity index is 1570. The highest BCUT2D eigenvalue weighted by Gasteiger charge is 2.19. The van der Waals surface area contributed by atoms with E-state index in [0.29, 0.717) is 49.3 Å². The van der Waals surface area contributed by atoms with Crippen LogP contribution in [0.2, 0.25) is 4.34 Å². The maximum Gasteiger partial charge on any atom is 0.262 e. The van der Waals surface area contributed by atoms with Crippen LogP contribution in [0.15, 0.2) is 48.0 Å². The van der Waals surface area contributed by atoms with Gasteiger partial charge in [-0.25, -0.2) is 4.98 Å². The first-order chi connectivity index (χ1) is 17.0. The molecule has 0 aliphatic carbocycles. The average molecular weight is 528 g/mol.